The van der Waals surface area contributed by atoms with Crippen molar-refractivity contribution in [3.05, 3.63) is 51.9 Å². The van der Waals surface area contributed by atoms with Gasteiger partial charge in [-0.15, -0.1) is 0 Å². The Morgan fingerprint density at radius 2 is 1.52 bits per heavy atom. The molecule has 0 aliphatic carbocycles. The van der Waals surface area contributed by atoms with Crippen LogP contribution in [0.15, 0.2) is 35.1 Å². The van der Waals surface area contributed by atoms with Crippen LogP contribution in [0.2, 0.25) is 0 Å². The third kappa shape index (κ3) is 7.77. The highest BCUT2D eigenvalue weighted by Crippen LogP contribution is 2.24. The van der Waals surface area contributed by atoms with Crippen LogP contribution in [0.5, 0.6) is 5.75 Å². The van der Waals surface area contributed by atoms with Gasteiger partial charge in [0.05, 0.1) is 6.61 Å². The molecule has 1 aromatic heterocycles. The molecule has 0 bridgehead atoms. The third-order valence-corrected chi connectivity index (χ3v) is 5.21. The average Bonchev–Trinajstić information content (AvgIpc) is 2.72. The predicted octanol–water partition coefficient (Wildman–Crippen LogP) is 6.52. The summed E-state index contributed by atoms with van der Waals surface area (Å²) in [6.45, 7) is 4.80. The van der Waals surface area contributed by atoms with E-state index in [1.807, 2.05) is 43.3 Å². The highest BCUT2D eigenvalue weighted by atomic mass is 16.5. The molecule has 0 unspecified atom stereocenters. The van der Waals surface area contributed by atoms with E-state index >= 15 is 0 Å². The number of nitrogens with one attached hydrogen (secondary N) is 1. The first-order valence-corrected chi connectivity index (χ1v) is 11.0. The highest BCUT2D eigenvalue weighted by Gasteiger charge is 2.10. The van der Waals surface area contributed by atoms with E-state index in [0.29, 0.717) is 5.56 Å². The summed E-state index contributed by atoms with van der Waals surface area (Å²) in [6, 6.07) is 11.5. The maximum Gasteiger partial charge on any atom is 0.266 e. The van der Waals surface area contributed by atoms with Gasteiger partial charge in [-0.3, -0.25) is 4.79 Å². The van der Waals surface area contributed by atoms with Crippen LogP contribution in [0.25, 0.3) is 11.1 Å². The minimum atomic E-state index is -0.344. The normalized spacial score (nSPS) is 10.7. The smallest absolute Gasteiger partial charge is 0.266 e. The molecule has 0 radical (unpaired) electrons. The molecule has 0 atom stereocenters. The van der Waals surface area contributed by atoms with Crippen molar-refractivity contribution in [2.75, 3.05) is 6.61 Å². The monoisotopic (exact) mass is 394 g/mol. The van der Waals surface area contributed by atoms with Crippen molar-refractivity contribution in [2.45, 2.75) is 78.1 Å². The van der Waals surface area contributed by atoms with Crippen LogP contribution in [-0.4, -0.2) is 11.6 Å². The van der Waals surface area contributed by atoms with Gasteiger partial charge in [-0.05, 0) is 37.1 Å². The maximum absolute atomic E-state index is 12.0. The molecule has 0 spiro atoms. The Morgan fingerprint density at radius 3 is 2.10 bits per heavy atom. The quantitative estimate of drug-likeness (QED) is 0.393. The zero-order chi connectivity index (χ0) is 20.9. The molecular weight excluding hydrogens is 360 g/mol. The van der Waals surface area contributed by atoms with E-state index in [0.717, 1.165) is 30.0 Å². The average molecular weight is 395 g/mol. The summed E-state index contributed by atoms with van der Waals surface area (Å²) in [7, 11) is 0. The number of aryl methyl sites for hydroxylation is 1. The van der Waals surface area contributed by atoms with Gasteiger partial charge in [-0.1, -0.05) is 76.8 Å². The summed E-state index contributed by atoms with van der Waals surface area (Å²) in [5, 5.41) is 9.28. The van der Waals surface area contributed by atoms with E-state index in [2.05, 4.69) is 11.9 Å². The van der Waals surface area contributed by atoms with Crippen LogP contribution in [0.4, 0.5) is 0 Å². The second kappa shape index (κ2) is 12.8. The molecule has 0 aliphatic heterocycles. The maximum atomic E-state index is 12.0. The van der Waals surface area contributed by atoms with Gasteiger partial charge in [-0.2, -0.15) is 5.26 Å². The van der Waals surface area contributed by atoms with Gasteiger partial charge >= 0.3 is 0 Å². The first kappa shape index (κ1) is 22.7. The lowest BCUT2D eigenvalue weighted by Crippen LogP contribution is -2.12. The van der Waals surface area contributed by atoms with Crippen molar-refractivity contribution in [1.29, 1.82) is 5.26 Å². The number of H-pyrrole nitrogens is 1. The zero-order valence-corrected chi connectivity index (χ0v) is 17.9. The Morgan fingerprint density at radius 1 is 0.931 bits per heavy atom. The van der Waals surface area contributed by atoms with Crippen LogP contribution in [0, 0.1) is 18.3 Å². The summed E-state index contributed by atoms with van der Waals surface area (Å²) in [5.74, 6) is 0.824. The number of ether oxygens (including phenoxy) is 1. The van der Waals surface area contributed by atoms with Gasteiger partial charge in [0.15, 0.2) is 0 Å². The lowest BCUT2D eigenvalue weighted by atomic mass is 10.0. The fourth-order valence-electron chi connectivity index (χ4n) is 3.54. The topological polar surface area (TPSA) is 65.9 Å². The van der Waals surface area contributed by atoms with Crippen LogP contribution in [-0.2, 0) is 0 Å². The molecule has 156 valence electrons. The molecule has 1 heterocycles. The largest absolute Gasteiger partial charge is 0.494 e. The molecule has 4 nitrogen and oxygen atoms in total. The first-order valence-electron chi connectivity index (χ1n) is 11.0. The van der Waals surface area contributed by atoms with E-state index in [4.69, 9.17) is 4.74 Å². The molecule has 0 saturated carbocycles. The lowest BCUT2D eigenvalue weighted by molar-refractivity contribution is 0.304. The number of benzene rings is 1. The van der Waals surface area contributed by atoms with Gasteiger partial charge in [0.2, 0.25) is 0 Å². The van der Waals surface area contributed by atoms with Crippen molar-refractivity contribution in [2.24, 2.45) is 0 Å². The van der Waals surface area contributed by atoms with Crippen molar-refractivity contribution in [3.63, 3.8) is 0 Å². The standard InChI is InChI=1S/C25H34N2O2/c1-3-4-5-6-7-8-9-10-11-12-17-29-22-15-13-21(14-16-22)23-18-20(2)27-25(28)24(23)19-26/h13-16,18H,3-12,17H2,1-2H3,(H,27,28). The second-order valence-electron chi connectivity index (χ2n) is 7.74. The summed E-state index contributed by atoms with van der Waals surface area (Å²) < 4.78 is 5.84. The van der Waals surface area contributed by atoms with E-state index in [1.54, 1.807) is 0 Å². The highest BCUT2D eigenvalue weighted by molar-refractivity contribution is 5.70. The molecule has 0 amide bonds. The van der Waals surface area contributed by atoms with Gasteiger partial charge in [0.25, 0.3) is 5.56 Å². The molecular formula is C25H34N2O2. The molecule has 0 saturated heterocycles. The number of hydrogen-bond acceptors (Lipinski definition) is 3. The van der Waals surface area contributed by atoms with Crippen LogP contribution < -0.4 is 10.3 Å². The molecule has 2 aromatic rings. The van der Waals surface area contributed by atoms with Crippen molar-refractivity contribution in [1.82, 2.24) is 4.98 Å². The fraction of sp³-hybridized carbons (Fsp3) is 0.520. The van der Waals surface area contributed by atoms with Crippen molar-refractivity contribution < 1.29 is 4.74 Å². The van der Waals surface area contributed by atoms with E-state index in [1.165, 1.54) is 57.8 Å². The van der Waals surface area contributed by atoms with Gasteiger partial charge in [0.1, 0.15) is 17.4 Å². The Hall–Kier alpha value is -2.54. The Labute approximate surface area is 174 Å². The number of hydrogen-bond donors (Lipinski definition) is 1. The Bertz CT molecular complexity index is 831. The van der Waals surface area contributed by atoms with Crippen LogP contribution in [0.3, 0.4) is 0 Å². The number of rotatable bonds is 13. The predicted molar refractivity (Wildman–Crippen MR) is 119 cm³/mol. The van der Waals surface area contributed by atoms with E-state index in [-0.39, 0.29) is 11.1 Å². The number of nitriles is 1. The summed E-state index contributed by atoms with van der Waals surface area (Å²) in [4.78, 5) is 14.6. The third-order valence-electron chi connectivity index (χ3n) is 5.21. The minimum Gasteiger partial charge on any atom is -0.494 e. The summed E-state index contributed by atoms with van der Waals surface area (Å²) in [6.07, 6.45) is 13.1. The molecule has 29 heavy (non-hydrogen) atoms. The van der Waals surface area contributed by atoms with Gasteiger partial charge in [-0.25, -0.2) is 0 Å². The molecule has 4 heteroatoms. The second-order valence-corrected chi connectivity index (χ2v) is 7.74. The van der Waals surface area contributed by atoms with Crippen LogP contribution >= 0.6 is 0 Å². The van der Waals surface area contributed by atoms with Crippen molar-refractivity contribution >= 4 is 0 Å². The number of aromatic amines is 1. The molecule has 1 N–H and O–H groups in total. The molecule has 2 rings (SSSR count). The number of nitrogens with zero attached hydrogens (tertiary/aromatic N) is 1. The van der Waals surface area contributed by atoms with E-state index < -0.39 is 0 Å². The molecule has 1 aromatic carbocycles. The lowest BCUT2D eigenvalue weighted by Gasteiger charge is -2.09. The zero-order valence-electron chi connectivity index (χ0n) is 17.9. The summed E-state index contributed by atoms with van der Waals surface area (Å²) >= 11 is 0. The number of aromatic nitrogens is 1. The molecule has 0 fully saturated rings. The first-order chi connectivity index (χ1) is 14.2. The van der Waals surface area contributed by atoms with Crippen LogP contribution in [0.1, 0.15) is 82.4 Å². The van der Waals surface area contributed by atoms with E-state index in [9.17, 15) is 10.1 Å². The fourth-order valence-corrected chi connectivity index (χ4v) is 3.54. The number of pyridine rings is 1. The summed E-state index contributed by atoms with van der Waals surface area (Å²) in [5.41, 5.74) is 2.06. The Balaban J connectivity index is 1.70. The SMILES string of the molecule is CCCCCCCCCCCCOc1ccc(-c2cc(C)[nH]c(=O)c2C#N)cc1. The van der Waals surface area contributed by atoms with Crippen molar-refractivity contribution in [3.8, 4) is 22.9 Å². The van der Waals surface area contributed by atoms with Gasteiger partial charge < -0.3 is 9.72 Å². The van der Waals surface area contributed by atoms with Gasteiger partial charge in [0, 0.05) is 11.3 Å². The number of unbranched alkanes of at least 4 members (excludes halogenated alkanes) is 9. The Kier molecular flexibility index (Phi) is 10.1. The molecule has 0 aliphatic rings. The minimum absolute atomic E-state index is 0.148.